The number of nitrogens with zero attached hydrogens (tertiary/aromatic N) is 2. The molecule has 0 fully saturated rings. The van der Waals surface area contributed by atoms with E-state index in [9.17, 15) is 0 Å². The van der Waals surface area contributed by atoms with Crippen molar-refractivity contribution in [3.63, 3.8) is 0 Å². The quantitative estimate of drug-likeness (QED) is 0.690. The molecule has 5 heteroatoms. The highest BCUT2D eigenvalue weighted by Crippen LogP contribution is 2.28. The first-order valence-corrected chi connectivity index (χ1v) is 7.23. The second kappa shape index (κ2) is 5.12. The summed E-state index contributed by atoms with van der Waals surface area (Å²) in [4.78, 5) is 0. The van der Waals surface area contributed by atoms with Gasteiger partial charge in [0, 0.05) is 10.4 Å². The lowest BCUT2D eigenvalue weighted by atomic mass is 10.2. The Morgan fingerprint density at radius 1 is 1.29 bits per heavy atom. The van der Waals surface area contributed by atoms with Crippen LogP contribution in [-0.2, 0) is 5.88 Å². The largest absolute Gasteiger partial charge is 0.236 e. The third-order valence-corrected chi connectivity index (χ3v) is 4.69. The van der Waals surface area contributed by atoms with E-state index in [0.29, 0.717) is 5.88 Å². The van der Waals surface area contributed by atoms with E-state index >= 15 is 0 Å². The summed E-state index contributed by atoms with van der Waals surface area (Å²) in [5, 5.41) is 4.50. The fourth-order valence-electron chi connectivity index (χ4n) is 1.66. The van der Waals surface area contributed by atoms with Gasteiger partial charge < -0.3 is 0 Å². The molecule has 0 bridgehead atoms. The van der Waals surface area contributed by atoms with Gasteiger partial charge in [-0.1, -0.05) is 6.07 Å². The number of hydrogen-bond acceptors (Lipinski definition) is 1. The molecule has 0 saturated carbocycles. The predicted molar refractivity (Wildman–Crippen MR) is 78.0 cm³/mol. The molecule has 1 heterocycles. The molecule has 17 heavy (non-hydrogen) atoms. The van der Waals surface area contributed by atoms with Crippen molar-refractivity contribution in [3.8, 4) is 5.69 Å². The van der Waals surface area contributed by atoms with E-state index < -0.39 is 0 Å². The maximum absolute atomic E-state index is 5.81. The van der Waals surface area contributed by atoms with Gasteiger partial charge in [-0.2, -0.15) is 5.10 Å². The monoisotopic (exact) mass is 376 g/mol. The molecule has 0 radical (unpaired) electrons. The van der Waals surface area contributed by atoms with Crippen molar-refractivity contribution in [3.05, 3.63) is 44.1 Å². The van der Waals surface area contributed by atoms with Crippen LogP contribution in [0.5, 0.6) is 0 Å². The Hall–Kier alpha value is -0.320. The van der Waals surface area contributed by atoms with Crippen molar-refractivity contribution in [1.29, 1.82) is 0 Å². The molecule has 0 amide bonds. The fourth-order valence-corrected chi connectivity index (χ4v) is 2.67. The fraction of sp³-hybridized carbons (Fsp3) is 0.250. The van der Waals surface area contributed by atoms with Crippen LogP contribution in [0, 0.1) is 13.8 Å². The van der Waals surface area contributed by atoms with E-state index in [1.807, 2.05) is 36.7 Å². The van der Waals surface area contributed by atoms with Crippen molar-refractivity contribution >= 4 is 43.5 Å². The Balaban J connectivity index is 2.57. The molecular weight excluding hydrogens is 367 g/mol. The van der Waals surface area contributed by atoms with Crippen molar-refractivity contribution in [1.82, 2.24) is 9.78 Å². The van der Waals surface area contributed by atoms with Crippen molar-refractivity contribution in [2.75, 3.05) is 0 Å². The highest BCUT2D eigenvalue weighted by Gasteiger charge is 2.12. The number of rotatable bonds is 2. The van der Waals surface area contributed by atoms with Gasteiger partial charge in [0.2, 0.25) is 0 Å². The van der Waals surface area contributed by atoms with E-state index in [4.69, 9.17) is 11.6 Å². The molecule has 90 valence electrons. The topological polar surface area (TPSA) is 17.8 Å². The first kappa shape index (κ1) is 13.1. The van der Waals surface area contributed by atoms with Gasteiger partial charge >= 0.3 is 0 Å². The van der Waals surface area contributed by atoms with Gasteiger partial charge in [-0.3, -0.25) is 0 Å². The molecule has 0 aliphatic carbocycles. The van der Waals surface area contributed by atoms with Gasteiger partial charge in [-0.05, 0) is 63.4 Å². The van der Waals surface area contributed by atoms with Crippen molar-refractivity contribution in [2.45, 2.75) is 19.7 Å². The molecule has 2 nitrogen and oxygen atoms in total. The molecule has 2 rings (SSSR count). The lowest BCUT2D eigenvalue weighted by molar-refractivity contribution is 0.829. The van der Waals surface area contributed by atoms with E-state index in [0.717, 1.165) is 31.6 Å². The molecule has 0 saturated heterocycles. The zero-order valence-electron chi connectivity index (χ0n) is 9.47. The van der Waals surface area contributed by atoms with Crippen LogP contribution in [0.25, 0.3) is 5.69 Å². The van der Waals surface area contributed by atoms with E-state index in [-0.39, 0.29) is 0 Å². The first-order valence-electron chi connectivity index (χ1n) is 5.11. The minimum atomic E-state index is 0.514. The zero-order valence-corrected chi connectivity index (χ0v) is 13.4. The minimum absolute atomic E-state index is 0.514. The number of halogens is 3. The Morgan fingerprint density at radius 2 is 2.00 bits per heavy atom. The lowest BCUT2D eigenvalue weighted by Crippen LogP contribution is -2.00. The third-order valence-electron chi connectivity index (χ3n) is 2.60. The molecule has 1 aromatic heterocycles. The number of alkyl halides is 1. The summed E-state index contributed by atoms with van der Waals surface area (Å²) in [7, 11) is 0. The van der Waals surface area contributed by atoms with E-state index in [2.05, 4.69) is 37.0 Å². The molecular formula is C12H11Br2ClN2. The first-order chi connectivity index (χ1) is 8.04. The van der Waals surface area contributed by atoms with Gasteiger partial charge in [0.1, 0.15) is 0 Å². The van der Waals surface area contributed by atoms with Gasteiger partial charge in [-0.25, -0.2) is 4.68 Å². The summed E-state index contributed by atoms with van der Waals surface area (Å²) < 4.78 is 3.96. The molecule has 2 aromatic rings. The summed E-state index contributed by atoms with van der Waals surface area (Å²) in [5.41, 5.74) is 4.17. The van der Waals surface area contributed by atoms with Gasteiger partial charge in [0.05, 0.1) is 21.5 Å². The predicted octanol–water partition coefficient (Wildman–Crippen LogP) is 4.75. The summed E-state index contributed by atoms with van der Waals surface area (Å²) >= 11 is 12.9. The maximum atomic E-state index is 5.81. The Morgan fingerprint density at radius 3 is 2.47 bits per heavy atom. The molecule has 0 N–H and O–H groups in total. The van der Waals surface area contributed by atoms with Crippen molar-refractivity contribution < 1.29 is 0 Å². The van der Waals surface area contributed by atoms with Crippen LogP contribution >= 0.6 is 43.5 Å². The number of hydrogen-bond donors (Lipinski definition) is 0. The van der Waals surface area contributed by atoms with Gasteiger partial charge in [0.15, 0.2) is 0 Å². The highest BCUT2D eigenvalue weighted by atomic mass is 79.9. The number of aryl methyl sites for hydroxylation is 1. The van der Waals surface area contributed by atoms with Crippen LogP contribution < -0.4 is 0 Å². The van der Waals surface area contributed by atoms with Gasteiger partial charge in [-0.15, -0.1) is 11.6 Å². The molecule has 0 atom stereocenters. The molecule has 0 unspecified atom stereocenters. The summed E-state index contributed by atoms with van der Waals surface area (Å²) in [6, 6.07) is 6.05. The lowest BCUT2D eigenvalue weighted by Gasteiger charge is -2.08. The van der Waals surface area contributed by atoms with E-state index in [1.165, 1.54) is 0 Å². The zero-order chi connectivity index (χ0) is 12.6. The smallest absolute Gasteiger partial charge is 0.0791 e. The second-order valence-electron chi connectivity index (χ2n) is 3.82. The molecule has 0 aliphatic rings. The Labute approximate surface area is 122 Å². The Bertz CT molecular complexity index is 564. The van der Waals surface area contributed by atoms with Gasteiger partial charge in [0.25, 0.3) is 0 Å². The normalized spacial score (nSPS) is 10.9. The van der Waals surface area contributed by atoms with E-state index in [1.54, 1.807) is 0 Å². The number of benzene rings is 1. The van der Waals surface area contributed by atoms with Crippen LogP contribution in [0.15, 0.2) is 27.1 Å². The van der Waals surface area contributed by atoms with Crippen LogP contribution in [0.4, 0.5) is 0 Å². The average Bonchev–Trinajstić information content (AvgIpc) is 2.57. The summed E-state index contributed by atoms with van der Waals surface area (Å²) in [5.74, 6) is 0.514. The van der Waals surface area contributed by atoms with Crippen molar-refractivity contribution in [2.24, 2.45) is 0 Å². The van der Waals surface area contributed by atoms with Crippen LogP contribution in [0.3, 0.4) is 0 Å². The minimum Gasteiger partial charge on any atom is -0.236 e. The Kier molecular flexibility index (Phi) is 3.95. The molecule has 1 aromatic carbocycles. The average molecular weight is 378 g/mol. The highest BCUT2D eigenvalue weighted by molar-refractivity contribution is 9.11. The van der Waals surface area contributed by atoms with Crippen LogP contribution in [0.2, 0.25) is 0 Å². The second-order valence-corrected chi connectivity index (χ2v) is 5.73. The molecule has 0 aliphatic heterocycles. The van der Waals surface area contributed by atoms with Crippen LogP contribution in [0.1, 0.15) is 17.0 Å². The standard InChI is InChI=1S/C12H11Br2ClN2/c1-7-12(14)8(2)17(16-7)11-4-3-9(6-15)5-10(11)13/h3-5H,6H2,1-2H3. The third kappa shape index (κ3) is 2.44. The summed E-state index contributed by atoms with van der Waals surface area (Å²) in [6.45, 7) is 4.01. The van der Waals surface area contributed by atoms with Crippen LogP contribution in [-0.4, -0.2) is 9.78 Å². The SMILES string of the molecule is Cc1nn(-c2ccc(CCl)cc2Br)c(C)c1Br. The number of aromatic nitrogens is 2. The maximum Gasteiger partial charge on any atom is 0.0791 e. The summed E-state index contributed by atoms with van der Waals surface area (Å²) in [6.07, 6.45) is 0. The molecule has 0 spiro atoms.